The van der Waals surface area contributed by atoms with Crippen molar-refractivity contribution in [2.45, 2.75) is 130 Å². The molecule has 0 bridgehead atoms. The molecule has 0 aromatic rings. The first-order chi connectivity index (χ1) is 14.7. The largest absolute Gasteiger partial charge is 0.393 e. The van der Waals surface area contributed by atoms with E-state index in [-0.39, 0.29) is 11.7 Å². The number of rotatable bonds is 6. The molecule has 0 spiro atoms. The maximum Gasteiger partial charge on any atom is 0.0838 e. The van der Waals surface area contributed by atoms with Crippen molar-refractivity contribution in [2.75, 3.05) is 0 Å². The van der Waals surface area contributed by atoms with E-state index in [1.54, 1.807) is 5.57 Å². The van der Waals surface area contributed by atoms with Crippen molar-refractivity contribution >= 4 is 0 Å². The molecular formula is C28H51NO2. The zero-order valence-electron chi connectivity index (χ0n) is 21.4. The molecule has 0 amide bonds. The molecule has 4 aliphatic carbocycles. The molecule has 7 atom stereocenters. The molecule has 0 saturated heterocycles. The molecule has 180 valence electrons. The highest BCUT2D eigenvalue weighted by atomic mass is 16.6. The molecule has 0 heterocycles. The molecule has 3 N–H and O–H groups in total. The van der Waals surface area contributed by atoms with E-state index in [9.17, 15) is 5.11 Å². The minimum atomic E-state index is -0.185. The summed E-state index contributed by atoms with van der Waals surface area (Å²) in [6.45, 7) is 13.4. The molecule has 3 fully saturated rings. The zero-order valence-corrected chi connectivity index (χ0v) is 21.4. The smallest absolute Gasteiger partial charge is 0.0838 e. The molecule has 0 aromatic heterocycles. The number of aliphatic hydroxyl groups excluding tert-OH is 1. The Labute approximate surface area is 192 Å². The van der Waals surface area contributed by atoms with Crippen LogP contribution in [-0.4, -0.2) is 16.8 Å². The van der Waals surface area contributed by atoms with E-state index in [0.29, 0.717) is 10.8 Å². The van der Waals surface area contributed by atoms with Gasteiger partial charge in [-0.1, -0.05) is 52.2 Å². The van der Waals surface area contributed by atoms with Crippen LogP contribution in [0.3, 0.4) is 0 Å². The van der Waals surface area contributed by atoms with E-state index in [1.165, 1.54) is 57.8 Å². The van der Waals surface area contributed by atoms with Crippen molar-refractivity contribution in [3.8, 4) is 0 Å². The number of aliphatic hydroxyl groups is 1. The summed E-state index contributed by atoms with van der Waals surface area (Å²) >= 11 is 0. The van der Waals surface area contributed by atoms with Crippen LogP contribution in [0.5, 0.6) is 0 Å². The van der Waals surface area contributed by atoms with Gasteiger partial charge in [0, 0.05) is 0 Å². The molecule has 0 aromatic carbocycles. The number of allylic oxidation sites excluding steroid dienone is 1. The zero-order chi connectivity index (χ0) is 22.9. The summed E-state index contributed by atoms with van der Waals surface area (Å²) in [7, 11) is 0. The standard InChI is InChI=1S/C26H45NO2.C2H6/c1-24(2,29-27)14-6-5-7-18-9-11-22-21-10-8-19-17-20(28)12-15-26(19,4)23(21)13-16-25(18,22)3;1-2/h8,18,20-23,28H,5-7,9-17,27H2,1-4H3;1-2H3. The van der Waals surface area contributed by atoms with Crippen LogP contribution < -0.4 is 5.90 Å². The van der Waals surface area contributed by atoms with Gasteiger partial charge >= 0.3 is 0 Å². The van der Waals surface area contributed by atoms with Crippen LogP contribution in [0.15, 0.2) is 11.6 Å². The fourth-order valence-electron chi connectivity index (χ4n) is 8.23. The Morgan fingerprint density at radius 2 is 1.81 bits per heavy atom. The Kier molecular flexibility index (Phi) is 8.03. The van der Waals surface area contributed by atoms with Crippen LogP contribution in [-0.2, 0) is 4.84 Å². The number of nitrogens with two attached hydrogens (primary N) is 1. The molecule has 3 nitrogen and oxygen atoms in total. The molecule has 4 rings (SSSR count). The van der Waals surface area contributed by atoms with Crippen LogP contribution >= 0.6 is 0 Å². The van der Waals surface area contributed by atoms with Gasteiger partial charge in [0.15, 0.2) is 0 Å². The van der Waals surface area contributed by atoms with Crippen molar-refractivity contribution < 1.29 is 9.94 Å². The second kappa shape index (κ2) is 9.85. The van der Waals surface area contributed by atoms with E-state index in [1.807, 2.05) is 13.8 Å². The highest BCUT2D eigenvalue weighted by molar-refractivity contribution is 5.25. The maximum absolute atomic E-state index is 10.2. The van der Waals surface area contributed by atoms with E-state index < -0.39 is 0 Å². The van der Waals surface area contributed by atoms with Crippen molar-refractivity contribution in [1.29, 1.82) is 0 Å². The highest BCUT2D eigenvalue weighted by Gasteiger charge is 2.58. The highest BCUT2D eigenvalue weighted by Crippen LogP contribution is 2.66. The molecule has 3 heteroatoms. The van der Waals surface area contributed by atoms with Crippen molar-refractivity contribution in [1.82, 2.24) is 0 Å². The molecular weight excluding hydrogens is 382 g/mol. The predicted octanol–water partition coefficient (Wildman–Crippen LogP) is 7.18. The van der Waals surface area contributed by atoms with Gasteiger partial charge in [0.05, 0.1) is 11.7 Å². The Balaban J connectivity index is 0.00000132. The first-order valence-electron chi connectivity index (χ1n) is 13.4. The topological polar surface area (TPSA) is 55.5 Å². The summed E-state index contributed by atoms with van der Waals surface area (Å²) < 4.78 is 0. The Morgan fingerprint density at radius 1 is 1.06 bits per heavy atom. The van der Waals surface area contributed by atoms with E-state index in [0.717, 1.165) is 42.9 Å². The Hall–Kier alpha value is -0.380. The van der Waals surface area contributed by atoms with Crippen LogP contribution in [0.4, 0.5) is 0 Å². The fourth-order valence-corrected chi connectivity index (χ4v) is 8.23. The van der Waals surface area contributed by atoms with Crippen LogP contribution in [0.1, 0.15) is 119 Å². The summed E-state index contributed by atoms with van der Waals surface area (Å²) in [6.07, 6.45) is 17.6. The Morgan fingerprint density at radius 3 is 2.52 bits per heavy atom. The van der Waals surface area contributed by atoms with Crippen molar-refractivity contribution in [2.24, 2.45) is 40.4 Å². The van der Waals surface area contributed by atoms with E-state index in [2.05, 4.69) is 33.8 Å². The molecule has 7 unspecified atom stereocenters. The lowest BCUT2D eigenvalue weighted by molar-refractivity contribution is -0.0515. The minimum absolute atomic E-state index is 0.0924. The van der Waals surface area contributed by atoms with Crippen molar-refractivity contribution in [3.63, 3.8) is 0 Å². The first kappa shape index (κ1) is 25.2. The monoisotopic (exact) mass is 433 g/mol. The van der Waals surface area contributed by atoms with Gasteiger partial charge in [-0.15, -0.1) is 0 Å². The van der Waals surface area contributed by atoms with E-state index in [4.69, 9.17) is 10.7 Å². The third-order valence-electron chi connectivity index (χ3n) is 10.2. The first-order valence-corrected chi connectivity index (χ1v) is 13.4. The SMILES string of the molecule is CC.CC(C)(CCCCC1CCC2C3CC=C4CC(O)CCC4(C)C3CCC12C)ON. The summed E-state index contributed by atoms with van der Waals surface area (Å²) in [5.41, 5.74) is 2.34. The van der Waals surface area contributed by atoms with Gasteiger partial charge in [-0.3, -0.25) is 4.84 Å². The van der Waals surface area contributed by atoms with Crippen LogP contribution in [0, 0.1) is 34.5 Å². The lowest BCUT2D eigenvalue weighted by Crippen LogP contribution is -2.50. The quantitative estimate of drug-likeness (QED) is 0.265. The summed E-state index contributed by atoms with van der Waals surface area (Å²) in [5, 5.41) is 10.2. The Bertz CT molecular complexity index is 629. The average Bonchev–Trinajstić information content (AvgIpc) is 3.09. The number of hydrogen-bond donors (Lipinski definition) is 2. The van der Waals surface area contributed by atoms with Gasteiger partial charge in [-0.25, -0.2) is 5.90 Å². The number of fused-ring (bicyclic) bond motifs is 5. The molecule has 0 radical (unpaired) electrons. The summed E-state index contributed by atoms with van der Waals surface area (Å²) in [6, 6.07) is 0. The fraction of sp³-hybridized carbons (Fsp3) is 0.929. The van der Waals surface area contributed by atoms with Gasteiger partial charge in [0.2, 0.25) is 0 Å². The molecule has 31 heavy (non-hydrogen) atoms. The third-order valence-corrected chi connectivity index (χ3v) is 10.2. The average molecular weight is 434 g/mol. The lowest BCUT2D eigenvalue weighted by Gasteiger charge is -2.58. The van der Waals surface area contributed by atoms with Gasteiger partial charge in [0.25, 0.3) is 0 Å². The van der Waals surface area contributed by atoms with Gasteiger partial charge in [0.1, 0.15) is 0 Å². The van der Waals surface area contributed by atoms with Crippen molar-refractivity contribution in [3.05, 3.63) is 11.6 Å². The normalized spacial score (nSPS) is 41.9. The van der Waals surface area contributed by atoms with Gasteiger partial charge < -0.3 is 5.11 Å². The third kappa shape index (κ3) is 4.80. The van der Waals surface area contributed by atoms with Gasteiger partial charge in [-0.2, -0.15) is 0 Å². The van der Waals surface area contributed by atoms with E-state index >= 15 is 0 Å². The van der Waals surface area contributed by atoms with Crippen LogP contribution in [0.25, 0.3) is 0 Å². The van der Waals surface area contributed by atoms with Gasteiger partial charge in [-0.05, 0) is 113 Å². The predicted molar refractivity (Wildman–Crippen MR) is 130 cm³/mol. The molecule has 0 aliphatic heterocycles. The van der Waals surface area contributed by atoms with Crippen LogP contribution in [0.2, 0.25) is 0 Å². The number of unbranched alkanes of at least 4 members (excludes halogenated alkanes) is 1. The molecule has 4 aliphatic rings. The maximum atomic E-state index is 10.2. The number of hydrogen-bond acceptors (Lipinski definition) is 3. The minimum Gasteiger partial charge on any atom is -0.393 e. The lowest BCUT2D eigenvalue weighted by atomic mass is 9.47. The second-order valence-corrected chi connectivity index (χ2v) is 12.1. The second-order valence-electron chi connectivity index (χ2n) is 12.1. The summed E-state index contributed by atoms with van der Waals surface area (Å²) in [4.78, 5) is 5.11. The summed E-state index contributed by atoms with van der Waals surface area (Å²) in [5.74, 6) is 8.98. The molecule has 3 saturated carbocycles.